The maximum Gasteiger partial charge on any atom is 0.246 e. The summed E-state index contributed by atoms with van der Waals surface area (Å²) in [7, 11) is 0. The Kier molecular flexibility index (Phi) is 3.77. The molecule has 10 heavy (non-hydrogen) atoms. The van der Waals surface area contributed by atoms with Crippen LogP contribution < -0.4 is 5.32 Å². The third-order valence-corrected chi connectivity index (χ3v) is 1.38. The molecule has 1 N–H and O–H groups in total. The van der Waals surface area contributed by atoms with E-state index in [2.05, 4.69) is 11.9 Å². The Morgan fingerprint density at radius 1 is 1.70 bits per heavy atom. The van der Waals surface area contributed by atoms with Gasteiger partial charge in [-0.15, -0.1) is 0 Å². The Bertz CT molecular complexity index is 140. The van der Waals surface area contributed by atoms with Gasteiger partial charge in [-0.05, 0) is 20.3 Å². The molecule has 1 amide bonds. The number of amides is 1. The van der Waals surface area contributed by atoms with Gasteiger partial charge in [0.05, 0.1) is 0 Å². The Morgan fingerprint density at radius 2 is 2.20 bits per heavy atom. The van der Waals surface area contributed by atoms with Gasteiger partial charge in [0.15, 0.2) is 0 Å². The minimum Gasteiger partial charge on any atom is -0.350 e. The first-order chi connectivity index (χ1) is 4.57. The van der Waals surface area contributed by atoms with Crippen LogP contribution >= 0.6 is 0 Å². The molecule has 0 saturated carbocycles. The summed E-state index contributed by atoms with van der Waals surface area (Å²) in [4.78, 5) is 10.9. The number of carbonyl (C=O) groups excluding carboxylic acids is 1. The van der Waals surface area contributed by atoms with Crippen molar-refractivity contribution in [3.63, 3.8) is 0 Å². The molecule has 2 heteroatoms. The second kappa shape index (κ2) is 4.09. The largest absolute Gasteiger partial charge is 0.350 e. The van der Waals surface area contributed by atoms with Crippen molar-refractivity contribution >= 4 is 5.91 Å². The molecule has 0 aliphatic rings. The topological polar surface area (TPSA) is 29.1 Å². The smallest absolute Gasteiger partial charge is 0.246 e. The average molecular weight is 141 g/mol. The predicted molar refractivity (Wildman–Crippen MR) is 42.7 cm³/mol. The zero-order chi connectivity index (χ0) is 8.15. The molecular weight excluding hydrogens is 126 g/mol. The summed E-state index contributed by atoms with van der Waals surface area (Å²) in [6, 6.07) is 0.254. The number of carbonyl (C=O) groups is 1. The van der Waals surface area contributed by atoms with Crippen molar-refractivity contribution in [3.05, 3.63) is 12.2 Å². The van der Waals surface area contributed by atoms with Crippen molar-refractivity contribution in [2.75, 3.05) is 0 Å². The molecule has 0 saturated heterocycles. The van der Waals surface area contributed by atoms with Gasteiger partial charge < -0.3 is 5.32 Å². The van der Waals surface area contributed by atoms with Gasteiger partial charge in [-0.25, -0.2) is 0 Å². The second-order valence-corrected chi connectivity index (χ2v) is 2.56. The van der Waals surface area contributed by atoms with Crippen molar-refractivity contribution in [2.45, 2.75) is 33.2 Å². The zero-order valence-electron chi connectivity index (χ0n) is 6.90. The molecule has 0 radical (unpaired) electrons. The first-order valence-electron chi connectivity index (χ1n) is 3.54. The highest BCUT2D eigenvalue weighted by Gasteiger charge is 2.03. The molecule has 0 rings (SSSR count). The fraction of sp³-hybridized carbons (Fsp3) is 0.625. The average Bonchev–Trinajstić information content (AvgIpc) is 1.87. The van der Waals surface area contributed by atoms with Crippen molar-refractivity contribution in [3.8, 4) is 0 Å². The van der Waals surface area contributed by atoms with E-state index in [1.807, 2.05) is 13.8 Å². The highest BCUT2D eigenvalue weighted by molar-refractivity contribution is 5.92. The summed E-state index contributed by atoms with van der Waals surface area (Å²) in [5.41, 5.74) is 0.570. The third kappa shape index (κ3) is 3.28. The quantitative estimate of drug-likeness (QED) is 0.592. The summed E-state index contributed by atoms with van der Waals surface area (Å²) >= 11 is 0. The Morgan fingerprint density at radius 3 is 2.50 bits per heavy atom. The van der Waals surface area contributed by atoms with E-state index in [1.54, 1.807) is 6.92 Å². The normalized spacial score (nSPS) is 12.3. The van der Waals surface area contributed by atoms with E-state index in [0.717, 1.165) is 6.42 Å². The summed E-state index contributed by atoms with van der Waals surface area (Å²) in [6.45, 7) is 9.24. The van der Waals surface area contributed by atoms with Crippen molar-refractivity contribution in [2.24, 2.45) is 0 Å². The van der Waals surface area contributed by atoms with E-state index in [0.29, 0.717) is 5.57 Å². The highest BCUT2D eigenvalue weighted by atomic mass is 16.1. The molecule has 0 unspecified atom stereocenters. The van der Waals surface area contributed by atoms with Crippen LogP contribution in [0.2, 0.25) is 0 Å². The van der Waals surface area contributed by atoms with Gasteiger partial charge in [0, 0.05) is 11.6 Å². The minimum absolute atomic E-state index is 0.0469. The van der Waals surface area contributed by atoms with Gasteiger partial charge in [-0.1, -0.05) is 13.5 Å². The van der Waals surface area contributed by atoms with Crippen molar-refractivity contribution < 1.29 is 4.79 Å². The lowest BCUT2D eigenvalue weighted by molar-refractivity contribution is -0.118. The van der Waals surface area contributed by atoms with Crippen LogP contribution in [-0.4, -0.2) is 11.9 Å². The molecule has 0 bridgehead atoms. The SMILES string of the molecule is C=C(C)C(=O)N[C@H](C)CC. The number of nitrogens with one attached hydrogen (secondary N) is 1. The van der Waals surface area contributed by atoms with E-state index in [1.165, 1.54) is 0 Å². The van der Waals surface area contributed by atoms with Crippen LogP contribution in [0, 0.1) is 0 Å². The standard InChI is InChI=1S/C8H15NO/c1-5-7(4)9-8(10)6(2)3/h7H,2,5H2,1,3-4H3,(H,9,10)/t7-/m1/s1. The molecule has 1 atom stereocenters. The number of rotatable bonds is 3. The van der Waals surface area contributed by atoms with Crippen LogP contribution in [0.15, 0.2) is 12.2 Å². The van der Waals surface area contributed by atoms with E-state index < -0.39 is 0 Å². The lowest BCUT2D eigenvalue weighted by Crippen LogP contribution is -2.32. The summed E-state index contributed by atoms with van der Waals surface area (Å²) in [6.07, 6.45) is 0.957. The van der Waals surface area contributed by atoms with Gasteiger partial charge >= 0.3 is 0 Å². The van der Waals surface area contributed by atoms with Crippen LogP contribution in [0.5, 0.6) is 0 Å². The zero-order valence-corrected chi connectivity index (χ0v) is 6.90. The van der Waals surface area contributed by atoms with Gasteiger partial charge in [0.25, 0.3) is 0 Å². The molecule has 58 valence electrons. The first-order valence-corrected chi connectivity index (χ1v) is 3.54. The van der Waals surface area contributed by atoms with Crippen LogP contribution in [0.25, 0.3) is 0 Å². The molecule has 0 heterocycles. The van der Waals surface area contributed by atoms with Crippen LogP contribution in [0.1, 0.15) is 27.2 Å². The highest BCUT2D eigenvalue weighted by Crippen LogP contribution is 1.91. The van der Waals surface area contributed by atoms with Gasteiger partial charge in [0.2, 0.25) is 5.91 Å². The van der Waals surface area contributed by atoms with Crippen LogP contribution in [0.4, 0.5) is 0 Å². The maximum absolute atomic E-state index is 10.9. The lowest BCUT2D eigenvalue weighted by Gasteiger charge is -2.10. The summed E-state index contributed by atoms with van der Waals surface area (Å²) in [5.74, 6) is -0.0469. The van der Waals surface area contributed by atoms with Crippen molar-refractivity contribution in [1.29, 1.82) is 0 Å². The predicted octanol–water partition coefficient (Wildman–Crippen LogP) is 1.48. The molecule has 0 aliphatic heterocycles. The Labute approximate surface area is 62.3 Å². The maximum atomic E-state index is 10.9. The van der Waals surface area contributed by atoms with E-state index in [9.17, 15) is 4.79 Å². The minimum atomic E-state index is -0.0469. The summed E-state index contributed by atoms with van der Waals surface area (Å²) in [5, 5.41) is 2.79. The molecule has 2 nitrogen and oxygen atoms in total. The number of hydrogen-bond donors (Lipinski definition) is 1. The van der Waals surface area contributed by atoms with E-state index >= 15 is 0 Å². The fourth-order valence-corrected chi connectivity index (χ4v) is 0.449. The van der Waals surface area contributed by atoms with E-state index in [4.69, 9.17) is 0 Å². The monoisotopic (exact) mass is 141 g/mol. The molecule has 0 aliphatic carbocycles. The second-order valence-electron chi connectivity index (χ2n) is 2.56. The fourth-order valence-electron chi connectivity index (χ4n) is 0.449. The Hall–Kier alpha value is -0.790. The molecule has 0 aromatic rings. The third-order valence-electron chi connectivity index (χ3n) is 1.38. The summed E-state index contributed by atoms with van der Waals surface area (Å²) < 4.78 is 0. The van der Waals surface area contributed by atoms with Crippen LogP contribution in [0.3, 0.4) is 0 Å². The molecular formula is C8H15NO. The van der Waals surface area contributed by atoms with E-state index in [-0.39, 0.29) is 11.9 Å². The molecule has 0 spiro atoms. The van der Waals surface area contributed by atoms with Gasteiger partial charge in [-0.2, -0.15) is 0 Å². The molecule has 0 fully saturated rings. The van der Waals surface area contributed by atoms with Crippen LogP contribution in [-0.2, 0) is 4.79 Å². The Balaban J connectivity index is 3.68. The number of hydrogen-bond acceptors (Lipinski definition) is 1. The molecule has 0 aromatic carbocycles. The lowest BCUT2D eigenvalue weighted by atomic mass is 10.2. The van der Waals surface area contributed by atoms with Gasteiger partial charge in [-0.3, -0.25) is 4.79 Å². The van der Waals surface area contributed by atoms with Gasteiger partial charge in [0.1, 0.15) is 0 Å². The molecule has 0 aromatic heterocycles. The van der Waals surface area contributed by atoms with Crippen molar-refractivity contribution in [1.82, 2.24) is 5.32 Å². The first kappa shape index (κ1) is 9.21.